The van der Waals surface area contributed by atoms with Gasteiger partial charge < -0.3 is 48.6 Å². The molecular weight excluding hydrogens is 1050 g/mol. The molecule has 4 rings (SSSR count). The van der Waals surface area contributed by atoms with Gasteiger partial charge in [0.25, 0.3) is 11.7 Å². The van der Waals surface area contributed by atoms with Gasteiger partial charge in [0.1, 0.15) is 30.1 Å². The van der Waals surface area contributed by atoms with E-state index in [9.17, 15) is 39.3 Å². The predicted molar refractivity (Wildman–Crippen MR) is 288 cm³/mol. The number of hydrogen-bond acceptors (Lipinski definition) is 14. The molecule has 16 heteroatoms. The summed E-state index contributed by atoms with van der Waals surface area (Å²) in [5.41, 5.74) is 1.26. The number of esters is 1. The van der Waals surface area contributed by atoms with Gasteiger partial charge in [-0.05, 0) is 126 Å². The Morgan fingerprint density at radius 1 is 0.849 bits per heavy atom. The van der Waals surface area contributed by atoms with Crippen molar-refractivity contribution in [2.24, 2.45) is 35.5 Å². The topological polar surface area (TPSA) is 205 Å². The number of piperidine rings is 1. The SMILES string of the molecule is CO[C@@H]1C[C@H](CC(C)[C@@H]2CC(=O)[C@H](C)/C=C(\C)[C@@H](O)[C@@H](OC)C(=O)[C@H](C)C[C@H](C)/C=C/C=C/C=C(\C)[C@@H](OCCCCO)C[C@@H]3CC[C@@H](C)[C@@](O)(O3)C(=O)C(=O)N3CCCC[C@H]3C(=O)O2)CC[C@H]1OCCCI. The number of aliphatic hydroxyl groups is 3. The lowest BCUT2D eigenvalue weighted by atomic mass is 9.78. The fourth-order valence-electron chi connectivity index (χ4n) is 10.9. The van der Waals surface area contributed by atoms with E-state index in [1.165, 1.54) is 12.0 Å². The van der Waals surface area contributed by atoms with Crippen molar-refractivity contribution < 1.29 is 67.7 Å². The second-order valence-electron chi connectivity index (χ2n) is 21.5. The van der Waals surface area contributed by atoms with E-state index in [1.54, 1.807) is 34.0 Å². The summed E-state index contributed by atoms with van der Waals surface area (Å²) >= 11 is 2.34. The fraction of sp³-hybridized carbons (Fsp3) is 0.772. The first-order valence-corrected chi connectivity index (χ1v) is 28.7. The molecule has 1 aliphatic carbocycles. The second kappa shape index (κ2) is 31.5. The number of nitrogens with zero attached hydrogens (tertiary/aromatic N) is 1. The highest BCUT2D eigenvalue weighted by Gasteiger charge is 2.53. The van der Waals surface area contributed by atoms with Gasteiger partial charge in [-0.1, -0.05) is 93.7 Å². The first kappa shape index (κ1) is 62.9. The molecule has 4 aliphatic rings. The number of ketones is 3. The van der Waals surface area contributed by atoms with Gasteiger partial charge in [0, 0.05) is 75.6 Å². The second-order valence-corrected chi connectivity index (χ2v) is 22.6. The van der Waals surface area contributed by atoms with Crippen LogP contribution in [-0.4, -0.2) is 149 Å². The van der Waals surface area contributed by atoms with Crippen molar-refractivity contribution in [3.8, 4) is 0 Å². The van der Waals surface area contributed by atoms with Crippen molar-refractivity contribution in [1.82, 2.24) is 4.90 Å². The Balaban J connectivity index is 1.71. The molecule has 73 heavy (non-hydrogen) atoms. The largest absolute Gasteiger partial charge is 0.460 e. The number of rotatable bonds is 14. The number of unbranched alkanes of at least 4 members (excludes halogenated alkanes) is 1. The zero-order valence-corrected chi connectivity index (χ0v) is 47.5. The molecule has 2 bridgehead atoms. The number of ether oxygens (including phenoxy) is 6. The smallest absolute Gasteiger partial charge is 0.329 e. The van der Waals surface area contributed by atoms with Crippen LogP contribution in [0.5, 0.6) is 0 Å². The van der Waals surface area contributed by atoms with E-state index in [0.29, 0.717) is 70.2 Å². The Bertz CT molecular complexity index is 1900. The number of hydrogen-bond donors (Lipinski definition) is 3. The Morgan fingerprint density at radius 2 is 1.59 bits per heavy atom. The van der Waals surface area contributed by atoms with Gasteiger partial charge in [-0.3, -0.25) is 19.2 Å². The molecule has 0 aromatic heterocycles. The van der Waals surface area contributed by atoms with Crippen LogP contribution in [-0.2, 0) is 52.4 Å². The van der Waals surface area contributed by atoms with Crippen LogP contribution in [0.1, 0.15) is 145 Å². The van der Waals surface area contributed by atoms with Gasteiger partial charge in [0.15, 0.2) is 5.78 Å². The van der Waals surface area contributed by atoms with E-state index < -0.39 is 77.8 Å². The summed E-state index contributed by atoms with van der Waals surface area (Å²) in [6, 6.07) is -1.15. The van der Waals surface area contributed by atoms with E-state index in [4.69, 9.17) is 28.4 Å². The number of carbonyl (C=O) groups excluding carboxylic acids is 5. The summed E-state index contributed by atoms with van der Waals surface area (Å²) in [7, 11) is 3.08. The number of aliphatic hydroxyl groups excluding tert-OH is 2. The van der Waals surface area contributed by atoms with Gasteiger partial charge >= 0.3 is 5.97 Å². The lowest BCUT2D eigenvalue weighted by molar-refractivity contribution is -0.266. The van der Waals surface area contributed by atoms with Gasteiger partial charge in [-0.25, -0.2) is 4.79 Å². The highest BCUT2D eigenvalue weighted by Crippen LogP contribution is 2.38. The van der Waals surface area contributed by atoms with E-state index in [0.717, 1.165) is 35.7 Å². The lowest BCUT2D eigenvalue weighted by Gasteiger charge is -2.43. The number of Topliss-reactive ketones (excluding diaryl/α,β-unsaturated/α-hetero) is 3. The number of fused-ring (bicyclic) bond motifs is 3. The lowest BCUT2D eigenvalue weighted by Crippen LogP contribution is -2.61. The van der Waals surface area contributed by atoms with Crippen LogP contribution in [0, 0.1) is 35.5 Å². The molecule has 414 valence electrons. The number of allylic oxidation sites excluding steroid dienone is 6. The van der Waals surface area contributed by atoms with Crippen LogP contribution < -0.4 is 0 Å². The maximum Gasteiger partial charge on any atom is 0.329 e. The van der Waals surface area contributed by atoms with Crippen molar-refractivity contribution in [3.05, 3.63) is 47.6 Å². The standard InChI is InChI=1S/C57H90INO14/c1-36-18-11-10-12-19-37(2)48(71-28-16-15-27-60)34-44-23-21-42(7)57(67,73-44)54(64)55(65)59-26-14-13-20-45(59)56(66)72-49(39(4)32-43-22-24-47(50(33-43)68-8)70-29-17-25-58)35-46(61)38(3)31-41(6)52(63)53(69-9)51(62)40(5)30-36/h10-12,18-19,31,36,38-40,42-45,47-50,52-53,60,63,67H,13-17,20-30,32-35H2,1-9H3/b12-10+,18-11+,37-19+,41-31+/t36-,38-,39?,40-,42-,43+,44+,45+,47-,48+,49+,50-,52-,53+,57-/m1/s1. The van der Waals surface area contributed by atoms with Crippen molar-refractivity contribution in [3.63, 3.8) is 0 Å². The molecule has 1 unspecified atom stereocenters. The third-order valence-corrected chi connectivity index (χ3v) is 16.4. The number of methoxy groups -OCH3 is 2. The summed E-state index contributed by atoms with van der Waals surface area (Å²) in [6.07, 6.45) is 14.6. The van der Waals surface area contributed by atoms with Gasteiger partial charge in [-0.15, -0.1) is 0 Å². The number of amides is 1. The zero-order chi connectivity index (χ0) is 53.8. The maximum atomic E-state index is 14.6. The Kier molecular flexibility index (Phi) is 27.1. The fourth-order valence-corrected chi connectivity index (χ4v) is 11.2. The quantitative estimate of drug-likeness (QED) is 0.0375. The molecule has 3 heterocycles. The average molecular weight is 1140 g/mol. The maximum absolute atomic E-state index is 14.6. The third-order valence-electron chi connectivity index (χ3n) is 15.7. The Morgan fingerprint density at radius 3 is 2.29 bits per heavy atom. The molecule has 1 saturated carbocycles. The molecule has 3 fully saturated rings. The van der Waals surface area contributed by atoms with Crippen LogP contribution in [0.4, 0.5) is 0 Å². The van der Waals surface area contributed by atoms with E-state index in [2.05, 4.69) is 22.6 Å². The molecule has 0 aromatic rings. The molecule has 15 nitrogen and oxygen atoms in total. The van der Waals surface area contributed by atoms with E-state index >= 15 is 0 Å². The third kappa shape index (κ3) is 18.5. The number of halogens is 1. The van der Waals surface area contributed by atoms with Crippen LogP contribution in [0.15, 0.2) is 47.6 Å². The average Bonchev–Trinajstić information content (AvgIpc) is 3.37. The molecule has 0 radical (unpaired) electrons. The summed E-state index contributed by atoms with van der Waals surface area (Å²) in [5, 5.41) is 33.1. The van der Waals surface area contributed by atoms with Crippen LogP contribution >= 0.6 is 22.6 Å². The zero-order valence-electron chi connectivity index (χ0n) is 45.3. The molecular formula is C57H90INO14. The number of alkyl halides is 1. The summed E-state index contributed by atoms with van der Waals surface area (Å²) in [6.45, 7) is 13.9. The normalized spacial score (nSPS) is 37.3. The summed E-state index contributed by atoms with van der Waals surface area (Å²) in [5.74, 6) is -7.92. The monoisotopic (exact) mass is 1140 g/mol. The molecule has 1 amide bonds. The van der Waals surface area contributed by atoms with Gasteiger partial charge in [0.2, 0.25) is 5.79 Å². The summed E-state index contributed by atoms with van der Waals surface area (Å²) in [4.78, 5) is 72.8. The van der Waals surface area contributed by atoms with E-state index in [-0.39, 0.29) is 73.9 Å². The van der Waals surface area contributed by atoms with Crippen molar-refractivity contribution in [2.75, 3.05) is 45.0 Å². The van der Waals surface area contributed by atoms with Crippen LogP contribution in [0.3, 0.4) is 0 Å². The van der Waals surface area contributed by atoms with Crippen molar-refractivity contribution in [1.29, 1.82) is 0 Å². The molecule has 3 aliphatic heterocycles. The van der Waals surface area contributed by atoms with Crippen LogP contribution in [0.2, 0.25) is 0 Å². The molecule has 0 aromatic carbocycles. The molecule has 0 spiro atoms. The minimum absolute atomic E-state index is 0.00128. The van der Waals surface area contributed by atoms with Gasteiger partial charge in [0.05, 0.1) is 24.4 Å². The minimum Gasteiger partial charge on any atom is -0.460 e. The molecule has 2 saturated heterocycles. The van der Waals surface area contributed by atoms with Crippen molar-refractivity contribution in [2.45, 2.75) is 199 Å². The first-order chi connectivity index (χ1) is 34.8. The number of carbonyl (C=O) groups is 5. The number of cyclic esters (lactones) is 1. The summed E-state index contributed by atoms with van der Waals surface area (Å²) < 4.78 is 37.7. The highest BCUT2D eigenvalue weighted by atomic mass is 127. The molecule has 15 atom stereocenters. The highest BCUT2D eigenvalue weighted by molar-refractivity contribution is 14.1. The van der Waals surface area contributed by atoms with Crippen molar-refractivity contribution >= 4 is 51.8 Å². The Labute approximate surface area is 449 Å². The first-order valence-electron chi connectivity index (χ1n) is 27.2. The molecule has 3 N–H and O–H groups in total. The minimum atomic E-state index is -2.46. The predicted octanol–water partition coefficient (Wildman–Crippen LogP) is 8.17. The van der Waals surface area contributed by atoms with Gasteiger partial charge in [-0.2, -0.15) is 0 Å². The van der Waals surface area contributed by atoms with E-state index in [1.807, 2.05) is 58.1 Å². The van der Waals surface area contributed by atoms with Crippen LogP contribution in [0.25, 0.3) is 0 Å². The Hall–Kier alpha value is -2.68.